The van der Waals surface area contributed by atoms with Crippen LogP contribution in [0.25, 0.3) is 0 Å². The molecule has 0 aliphatic heterocycles. The summed E-state index contributed by atoms with van der Waals surface area (Å²) >= 11 is 1.19. The molecule has 1 rings (SSSR count). The van der Waals surface area contributed by atoms with Gasteiger partial charge in [-0.2, -0.15) is 0 Å². The lowest BCUT2D eigenvalue weighted by atomic mass is 10.2. The highest BCUT2D eigenvalue weighted by atomic mass is 32.2. The molecule has 0 amide bonds. The highest BCUT2D eigenvalue weighted by Gasteiger charge is 2.19. The Kier molecular flexibility index (Phi) is 3.96. The average Bonchev–Trinajstić information content (AvgIpc) is 2.20. The highest BCUT2D eigenvalue weighted by Crippen LogP contribution is 2.29. The number of carboxylic acids is 1. The van der Waals surface area contributed by atoms with E-state index in [-0.39, 0.29) is 11.3 Å². The lowest BCUT2D eigenvalue weighted by molar-refractivity contribution is 0.0686. The van der Waals surface area contributed by atoms with E-state index in [1.165, 1.54) is 17.8 Å². The maximum atomic E-state index is 13.6. The summed E-state index contributed by atoms with van der Waals surface area (Å²) in [4.78, 5) is 11.2. The molecule has 0 fully saturated rings. The summed E-state index contributed by atoms with van der Waals surface area (Å²) in [6.45, 7) is 2.01. The lowest BCUT2D eigenvalue weighted by Crippen LogP contribution is -2.05. The number of carboxylic acid groups (broad SMARTS) is 1. The second-order valence-electron chi connectivity index (χ2n) is 2.69. The Labute approximate surface area is 91.2 Å². The van der Waals surface area contributed by atoms with E-state index in [4.69, 9.17) is 9.84 Å². The second kappa shape index (κ2) is 5.02. The van der Waals surface area contributed by atoms with Crippen LogP contribution in [0.15, 0.2) is 17.0 Å². The molecule has 0 aliphatic carbocycles. The van der Waals surface area contributed by atoms with Crippen LogP contribution in [0.4, 0.5) is 4.39 Å². The predicted molar refractivity (Wildman–Crippen MR) is 56.3 cm³/mol. The molecule has 82 valence electrons. The predicted octanol–water partition coefficient (Wildman–Crippen LogP) is 2.64. The van der Waals surface area contributed by atoms with Crippen LogP contribution in [0, 0.1) is 5.82 Å². The third kappa shape index (κ3) is 2.41. The van der Waals surface area contributed by atoms with Crippen LogP contribution in [0.2, 0.25) is 0 Å². The number of halogens is 1. The summed E-state index contributed by atoms with van der Waals surface area (Å²) < 4.78 is 18.6. The van der Waals surface area contributed by atoms with Crippen molar-refractivity contribution in [3.63, 3.8) is 0 Å². The molecule has 1 aromatic carbocycles. The monoisotopic (exact) mass is 230 g/mol. The molecular formula is C10H11FO3S. The quantitative estimate of drug-likeness (QED) is 0.808. The maximum Gasteiger partial charge on any atom is 0.339 e. The van der Waals surface area contributed by atoms with Crippen molar-refractivity contribution in [1.82, 2.24) is 0 Å². The van der Waals surface area contributed by atoms with Crippen molar-refractivity contribution in [1.29, 1.82) is 0 Å². The van der Waals surface area contributed by atoms with Crippen LogP contribution in [0.5, 0.6) is 5.75 Å². The van der Waals surface area contributed by atoms with Gasteiger partial charge in [0, 0.05) is 4.90 Å². The van der Waals surface area contributed by atoms with Crippen molar-refractivity contribution in [2.75, 3.05) is 12.9 Å². The van der Waals surface area contributed by atoms with Gasteiger partial charge in [-0.05, 0) is 25.3 Å². The minimum Gasteiger partial charge on any atom is -0.491 e. The Morgan fingerprint density at radius 3 is 2.73 bits per heavy atom. The van der Waals surface area contributed by atoms with Crippen LogP contribution >= 0.6 is 11.8 Å². The topological polar surface area (TPSA) is 46.5 Å². The molecule has 0 saturated heterocycles. The molecule has 0 spiro atoms. The largest absolute Gasteiger partial charge is 0.491 e. The molecular weight excluding hydrogens is 219 g/mol. The van der Waals surface area contributed by atoms with Gasteiger partial charge in [0.05, 0.1) is 6.61 Å². The van der Waals surface area contributed by atoms with E-state index in [0.29, 0.717) is 11.5 Å². The molecule has 0 radical (unpaired) electrons. The minimum atomic E-state index is -1.28. The molecule has 3 nitrogen and oxygen atoms in total. The van der Waals surface area contributed by atoms with Crippen molar-refractivity contribution in [2.24, 2.45) is 0 Å². The van der Waals surface area contributed by atoms with Gasteiger partial charge in [0.2, 0.25) is 0 Å². The second-order valence-corrected chi connectivity index (χ2v) is 3.54. The molecule has 0 heterocycles. The van der Waals surface area contributed by atoms with Crippen molar-refractivity contribution in [2.45, 2.75) is 11.8 Å². The average molecular weight is 230 g/mol. The summed E-state index contributed by atoms with van der Waals surface area (Å²) in [5, 5.41) is 8.86. The number of carbonyl (C=O) groups is 1. The van der Waals surface area contributed by atoms with Gasteiger partial charge in [0.1, 0.15) is 5.56 Å². The molecule has 0 aromatic heterocycles. The van der Waals surface area contributed by atoms with Crippen LogP contribution in [-0.2, 0) is 0 Å². The third-order valence-electron chi connectivity index (χ3n) is 1.80. The molecule has 0 saturated carbocycles. The standard InChI is InChI=1S/C10H11FO3S/c1-3-14-6-4-5-7(15-2)8(9(6)11)10(12)13/h4-5H,3H2,1-2H3,(H,12,13). The number of hydrogen-bond donors (Lipinski definition) is 1. The van der Waals surface area contributed by atoms with Crippen molar-refractivity contribution in [3.8, 4) is 5.75 Å². The fourth-order valence-electron chi connectivity index (χ4n) is 1.18. The van der Waals surface area contributed by atoms with Gasteiger partial charge in [-0.15, -0.1) is 11.8 Å². The number of benzene rings is 1. The van der Waals surface area contributed by atoms with Gasteiger partial charge in [-0.1, -0.05) is 0 Å². The minimum absolute atomic E-state index is 0.0206. The first-order valence-corrected chi connectivity index (χ1v) is 5.56. The van der Waals surface area contributed by atoms with E-state index in [2.05, 4.69) is 0 Å². The first kappa shape index (κ1) is 11.8. The zero-order valence-electron chi connectivity index (χ0n) is 8.41. The van der Waals surface area contributed by atoms with Gasteiger partial charge in [0.15, 0.2) is 11.6 Å². The van der Waals surface area contributed by atoms with E-state index >= 15 is 0 Å². The molecule has 1 aromatic rings. The molecule has 0 aliphatic rings. The van der Waals surface area contributed by atoms with Crippen molar-refractivity contribution < 1.29 is 19.0 Å². The van der Waals surface area contributed by atoms with Gasteiger partial charge >= 0.3 is 5.97 Å². The number of ether oxygens (including phenoxy) is 1. The summed E-state index contributed by atoms with van der Waals surface area (Å²) in [7, 11) is 0. The van der Waals surface area contributed by atoms with Crippen LogP contribution < -0.4 is 4.74 Å². The van der Waals surface area contributed by atoms with Gasteiger partial charge in [-0.25, -0.2) is 9.18 Å². The molecule has 0 bridgehead atoms. The van der Waals surface area contributed by atoms with E-state index in [1.54, 1.807) is 19.2 Å². The van der Waals surface area contributed by atoms with Gasteiger partial charge in [-0.3, -0.25) is 0 Å². The van der Waals surface area contributed by atoms with Crippen LogP contribution in [0.1, 0.15) is 17.3 Å². The fraction of sp³-hybridized carbons (Fsp3) is 0.300. The van der Waals surface area contributed by atoms with E-state index in [9.17, 15) is 9.18 Å². The van der Waals surface area contributed by atoms with E-state index in [1.807, 2.05) is 0 Å². The summed E-state index contributed by atoms with van der Waals surface area (Å²) in [6.07, 6.45) is 1.70. The Hall–Kier alpha value is -1.23. The molecule has 0 unspecified atom stereocenters. The Bertz CT molecular complexity index is 379. The molecule has 0 atom stereocenters. The molecule has 1 N–H and O–H groups in total. The highest BCUT2D eigenvalue weighted by molar-refractivity contribution is 7.98. The number of aromatic carboxylic acids is 1. The zero-order chi connectivity index (χ0) is 11.4. The SMILES string of the molecule is CCOc1ccc(SC)c(C(=O)O)c1F. The maximum absolute atomic E-state index is 13.6. The Balaban J connectivity index is 3.29. The zero-order valence-corrected chi connectivity index (χ0v) is 9.23. The Morgan fingerprint density at radius 1 is 1.60 bits per heavy atom. The number of rotatable bonds is 4. The van der Waals surface area contributed by atoms with Crippen molar-refractivity contribution >= 4 is 17.7 Å². The number of thioether (sulfide) groups is 1. The first-order valence-electron chi connectivity index (χ1n) is 4.34. The van der Waals surface area contributed by atoms with Crippen LogP contribution in [-0.4, -0.2) is 23.9 Å². The van der Waals surface area contributed by atoms with Crippen LogP contribution in [0.3, 0.4) is 0 Å². The smallest absolute Gasteiger partial charge is 0.339 e. The summed E-state index contributed by atoms with van der Waals surface area (Å²) in [5.74, 6) is -2.11. The van der Waals surface area contributed by atoms with Crippen molar-refractivity contribution in [3.05, 3.63) is 23.5 Å². The normalized spacial score (nSPS) is 10.1. The number of hydrogen-bond acceptors (Lipinski definition) is 3. The molecule has 5 heteroatoms. The van der Waals surface area contributed by atoms with Gasteiger partial charge in [0.25, 0.3) is 0 Å². The lowest BCUT2D eigenvalue weighted by Gasteiger charge is -2.09. The van der Waals surface area contributed by atoms with Gasteiger partial charge < -0.3 is 9.84 Å². The Morgan fingerprint density at radius 2 is 2.27 bits per heavy atom. The van der Waals surface area contributed by atoms with E-state index in [0.717, 1.165) is 0 Å². The fourth-order valence-corrected chi connectivity index (χ4v) is 1.76. The summed E-state index contributed by atoms with van der Waals surface area (Å²) in [5.41, 5.74) is -0.326. The first-order chi connectivity index (χ1) is 7.11. The molecule has 15 heavy (non-hydrogen) atoms. The third-order valence-corrected chi connectivity index (χ3v) is 2.58. The van der Waals surface area contributed by atoms with E-state index < -0.39 is 11.8 Å². The summed E-state index contributed by atoms with van der Waals surface area (Å²) in [6, 6.07) is 2.99.